The van der Waals surface area contributed by atoms with Gasteiger partial charge in [0.15, 0.2) is 0 Å². The summed E-state index contributed by atoms with van der Waals surface area (Å²) < 4.78 is 5.18. The number of ether oxygens (including phenoxy) is 1. The summed E-state index contributed by atoms with van der Waals surface area (Å²) in [5, 5.41) is 3.21. The summed E-state index contributed by atoms with van der Waals surface area (Å²) in [4.78, 5) is 12.6. The van der Waals surface area contributed by atoms with Gasteiger partial charge in [0, 0.05) is 6.42 Å². The fourth-order valence-corrected chi connectivity index (χ4v) is 3.14. The van der Waals surface area contributed by atoms with E-state index in [4.69, 9.17) is 4.74 Å². The number of amides is 1. The van der Waals surface area contributed by atoms with E-state index >= 15 is 0 Å². The van der Waals surface area contributed by atoms with Crippen molar-refractivity contribution in [1.29, 1.82) is 0 Å². The molecule has 3 heteroatoms. The van der Waals surface area contributed by atoms with Crippen molar-refractivity contribution in [2.45, 2.75) is 25.8 Å². The molecule has 3 aromatic rings. The molecule has 0 spiro atoms. The Hall–Kier alpha value is -3.07. The number of carbonyl (C=O) groups is 1. The van der Waals surface area contributed by atoms with Gasteiger partial charge in [-0.05, 0) is 42.2 Å². The van der Waals surface area contributed by atoms with Crippen LogP contribution in [0.2, 0.25) is 0 Å². The number of benzene rings is 3. The summed E-state index contributed by atoms with van der Waals surface area (Å²) in [5.74, 6) is 0.868. The molecule has 138 valence electrons. The molecule has 0 heterocycles. The minimum absolute atomic E-state index is 0.0428. The second kappa shape index (κ2) is 9.04. The minimum atomic E-state index is -0.144. The minimum Gasteiger partial charge on any atom is -0.497 e. The Morgan fingerprint density at radius 3 is 2.30 bits per heavy atom. The third-order valence-corrected chi connectivity index (χ3v) is 4.61. The molecule has 0 radical (unpaired) electrons. The Morgan fingerprint density at radius 1 is 0.926 bits per heavy atom. The molecule has 0 saturated heterocycles. The van der Waals surface area contributed by atoms with Gasteiger partial charge in [-0.1, -0.05) is 72.3 Å². The number of nitrogens with one attached hydrogen (secondary N) is 1. The van der Waals surface area contributed by atoms with Crippen LogP contribution in [0.5, 0.6) is 5.75 Å². The van der Waals surface area contributed by atoms with E-state index in [-0.39, 0.29) is 11.9 Å². The highest BCUT2D eigenvalue weighted by Gasteiger charge is 2.16. The van der Waals surface area contributed by atoms with Crippen LogP contribution in [0.3, 0.4) is 0 Å². The fraction of sp³-hybridized carbons (Fsp3) is 0.208. The predicted molar refractivity (Wildman–Crippen MR) is 109 cm³/mol. The first-order valence-corrected chi connectivity index (χ1v) is 9.19. The number of hydrogen-bond acceptors (Lipinski definition) is 2. The monoisotopic (exact) mass is 359 g/mol. The van der Waals surface area contributed by atoms with Gasteiger partial charge in [-0.15, -0.1) is 0 Å². The molecule has 1 amide bonds. The summed E-state index contributed by atoms with van der Waals surface area (Å²) in [6.45, 7) is 2.07. The molecule has 0 unspecified atom stereocenters. The molecular weight excluding hydrogens is 334 g/mol. The van der Waals surface area contributed by atoms with Crippen LogP contribution in [-0.4, -0.2) is 13.0 Å². The molecular formula is C24H25NO2. The first kappa shape index (κ1) is 18.7. The van der Waals surface area contributed by atoms with Gasteiger partial charge in [0.25, 0.3) is 0 Å². The van der Waals surface area contributed by atoms with E-state index in [1.807, 2.05) is 48.5 Å². The molecule has 0 aliphatic heterocycles. The Labute approximate surface area is 161 Å². The lowest BCUT2D eigenvalue weighted by Crippen LogP contribution is -2.29. The van der Waals surface area contributed by atoms with Crippen LogP contribution in [0.15, 0.2) is 78.9 Å². The molecule has 1 atom stereocenters. The summed E-state index contributed by atoms with van der Waals surface area (Å²) in [6, 6.07) is 26.1. The van der Waals surface area contributed by atoms with Crippen LogP contribution in [0.1, 0.15) is 34.7 Å². The quantitative estimate of drug-likeness (QED) is 0.655. The molecule has 0 aliphatic rings. The van der Waals surface area contributed by atoms with Crippen molar-refractivity contribution in [2.24, 2.45) is 0 Å². The number of carbonyl (C=O) groups excluding carboxylic acids is 1. The van der Waals surface area contributed by atoms with E-state index in [2.05, 4.69) is 42.6 Å². The maximum absolute atomic E-state index is 12.6. The number of aryl methyl sites for hydroxylation is 2. The van der Waals surface area contributed by atoms with E-state index in [0.29, 0.717) is 12.8 Å². The average molecular weight is 359 g/mol. The van der Waals surface area contributed by atoms with Crippen LogP contribution < -0.4 is 10.1 Å². The number of hydrogen-bond donors (Lipinski definition) is 1. The highest BCUT2D eigenvalue weighted by atomic mass is 16.5. The lowest BCUT2D eigenvalue weighted by molar-refractivity contribution is -0.121. The molecule has 27 heavy (non-hydrogen) atoms. The Morgan fingerprint density at radius 2 is 1.63 bits per heavy atom. The van der Waals surface area contributed by atoms with Gasteiger partial charge >= 0.3 is 0 Å². The van der Waals surface area contributed by atoms with Crippen LogP contribution in [0.4, 0.5) is 0 Å². The van der Waals surface area contributed by atoms with Crippen LogP contribution >= 0.6 is 0 Å². The van der Waals surface area contributed by atoms with Crippen molar-refractivity contribution in [3.63, 3.8) is 0 Å². The van der Waals surface area contributed by atoms with Crippen LogP contribution in [0.25, 0.3) is 0 Å². The average Bonchev–Trinajstić information content (AvgIpc) is 2.71. The lowest BCUT2D eigenvalue weighted by Gasteiger charge is -2.20. The molecule has 0 fully saturated rings. The number of methoxy groups -OCH3 is 1. The predicted octanol–water partition coefficient (Wildman–Crippen LogP) is 4.84. The zero-order valence-electron chi connectivity index (χ0n) is 15.8. The van der Waals surface area contributed by atoms with Crippen molar-refractivity contribution in [3.05, 3.63) is 101 Å². The molecule has 3 aromatic carbocycles. The van der Waals surface area contributed by atoms with Crippen molar-refractivity contribution in [3.8, 4) is 5.75 Å². The first-order chi connectivity index (χ1) is 13.2. The normalized spacial score (nSPS) is 11.6. The molecule has 0 saturated carbocycles. The van der Waals surface area contributed by atoms with Gasteiger partial charge < -0.3 is 10.1 Å². The SMILES string of the molecule is COc1ccc(CCC(=O)N[C@H](c2ccccc2)c2cccc(C)c2)cc1. The van der Waals surface area contributed by atoms with Crippen molar-refractivity contribution in [2.75, 3.05) is 7.11 Å². The molecule has 0 aliphatic carbocycles. The van der Waals surface area contributed by atoms with Crippen LogP contribution in [-0.2, 0) is 11.2 Å². The maximum atomic E-state index is 12.6. The Balaban J connectivity index is 1.70. The topological polar surface area (TPSA) is 38.3 Å². The summed E-state index contributed by atoms with van der Waals surface area (Å²) >= 11 is 0. The molecule has 3 nitrogen and oxygen atoms in total. The Kier molecular flexibility index (Phi) is 6.26. The number of rotatable bonds is 7. The van der Waals surface area contributed by atoms with Crippen molar-refractivity contribution >= 4 is 5.91 Å². The zero-order chi connectivity index (χ0) is 19.1. The van der Waals surface area contributed by atoms with E-state index in [0.717, 1.165) is 22.4 Å². The zero-order valence-corrected chi connectivity index (χ0v) is 15.8. The van der Waals surface area contributed by atoms with Gasteiger partial charge in [-0.3, -0.25) is 4.79 Å². The van der Waals surface area contributed by atoms with Gasteiger partial charge in [-0.2, -0.15) is 0 Å². The van der Waals surface area contributed by atoms with E-state index in [9.17, 15) is 4.79 Å². The molecule has 0 bridgehead atoms. The third-order valence-electron chi connectivity index (χ3n) is 4.61. The van der Waals surface area contributed by atoms with Gasteiger partial charge in [0.2, 0.25) is 5.91 Å². The van der Waals surface area contributed by atoms with Gasteiger partial charge in [-0.25, -0.2) is 0 Å². The van der Waals surface area contributed by atoms with Gasteiger partial charge in [0.1, 0.15) is 5.75 Å². The van der Waals surface area contributed by atoms with Crippen molar-refractivity contribution in [1.82, 2.24) is 5.32 Å². The smallest absolute Gasteiger partial charge is 0.221 e. The highest BCUT2D eigenvalue weighted by Crippen LogP contribution is 2.23. The Bertz CT molecular complexity index is 872. The molecule has 3 rings (SSSR count). The molecule has 0 aromatic heterocycles. The van der Waals surface area contributed by atoms with Crippen LogP contribution in [0, 0.1) is 6.92 Å². The summed E-state index contributed by atoms with van der Waals surface area (Å²) in [6.07, 6.45) is 1.15. The van der Waals surface area contributed by atoms with E-state index in [1.165, 1.54) is 5.56 Å². The summed E-state index contributed by atoms with van der Waals surface area (Å²) in [7, 11) is 1.65. The fourth-order valence-electron chi connectivity index (χ4n) is 3.14. The summed E-state index contributed by atoms with van der Waals surface area (Å²) in [5.41, 5.74) is 4.48. The van der Waals surface area contributed by atoms with Crippen molar-refractivity contribution < 1.29 is 9.53 Å². The van der Waals surface area contributed by atoms with E-state index in [1.54, 1.807) is 7.11 Å². The second-order valence-electron chi connectivity index (χ2n) is 6.67. The highest BCUT2D eigenvalue weighted by molar-refractivity contribution is 5.77. The molecule has 1 N–H and O–H groups in total. The lowest BCUT2D eigenvalue weighted by atomic mass is 9.97. The van der Waals surface area contributed by atoms with Gasteiger partial charge in [0.05, 0.1) is 13.2 Å². The second-order valence-corrected chi connectivity index (χ2v) is 6.67. The maximum Gasteiger partial charge on any atom is 0.221 e. The van der Waals surface area contributed by atoms with E-state index < -0.39 is 0 Å². The third kappa shape index (κ3) is 5.20. The standard InChI is InChI=1S/C24H25NO2/c1-18-7-6-10-21(17-18)24(20-8-4-3-5-9-20)25-23(26)16-13-19-11-14-22(27-2)15-12-19/h3-12,14-15,17,24H,13,16H2,1-2H3,(H,25,26)/t24-/m1/s1. The largest absolute Gasteiger partial charge is 0.497 e. The first-order valence-electron chi connectivity index (χ1n) is 9.19.